The van der Waals surface area contributed by atoms with Crippen LogP contribution in [0.5, 0.6) is 0 Å². The molecule has 0 amide bonds. The highest BCUT2D eigenvalue weighted by Crippen LogP contribution is 2.19. The number of nitrogens with two attached hydrogens (primary N) is 1. The fraction of sp³-hybridized carbons (Fsp3) is 0.538. The first-order valence-corrected chi connectivity index (χ1v) is 5.71. The van der Waals surface area contributed by atoms with Gasteiger partial charge in [0.2, 0.25) is 0 Å². The Morgan fingerprint density at radius 3 is 2.62 bits per heavy atom. The number of anilines is 1. The molecule has 3 N–H and O–H groups in total. The van der Waals surface area contributed by atoms with E-state index in [2.05, 4.69) is 13.8 Å². The maximum atomic E-state index is 9.86. The van der Waals surface area contributed by atoms with E-state index in [-0.39, 0.29) is 0 Å². The lowest BCUT2D eigenvalue weighted by molar-refractivity contribution is 0.0322. The van der Waals surface area contributed by atoms with Gasteiger partial charge in [-0.2, -0.15) is 0 Å². The number of para-hydroxylation sites is 1. The first kappa shape index (κ1) is 13.0. The van der Waals surface area contributed by atoms with Gasteiger partial charge in [0.25, 0.3) is 0 Å². The van der Waals surface area contributed by atoms with Gasteiger partial charge >= 0.3 is 0 Å². The average Bonchev–Trinajstić information content (AvgIpc) is 2.24. The molecule has 0 aliphatic heterocycles. The lowest BCUT2D eigenvalue weighted by Gasteiger charge is -2.14. The van der Waals surface area contributed by atoms with Crippen molar-refractivity contribution >= 4 is 5.69 Å². The molecule has 1 atom stereocenters. The molecule has 90 valence electrons. The monoisotopic (exact) mass is 223 g/mol. The largest absolute Gasteiger partial charge is 0.398 e. The van der Waals surface area contributed by atoms with Crippen LogP contribution in [-0.4, -0.2) is 18.3 Å². The van der Waals surface area contributed by atoms with E-state index in [1.807, 2.05) is 18.2 Å². The normalized spacial score (nSPS) is 13.0. The van der Waals surface area contributed by atoms with Gasteiger partial charge in [0.1, 0.15) is 6.10 Å². The zero-order valence-corrected chi connectivity index (χ0v) is 10.0. The molecule has 1 aromatic rings. The van der Waals surface area contributed by atoms with Crippen LogP contribution in [0.1, 0.15) is 31.9 Å². The topological polar surface area (TPSA) is 55.5 Å². The molecule has 0 aromatic heterocycles. The van der Waals surface area contributed by atoms with Crippen molar-refractivity contribution in [2.75, 3.05) is 18.9 Å². The van der Waals surface area contributed by atoms with E-state index in [1.165, 1.54) is 0 Å². The minimum absolute atomic E-state index is 0.306. The molecular formula is C13H21NO2. The Morgan fingerprint density at radius 2 is 2.00 bits per heavy atom. The number of nitrogen functional groups attached to an aromatic ring is 1. The summed E-state index contributed by atoms with van der Waals surface area (Å²) < 4.78 is 5.41. The number of hydrogen-bond acceptors (Lipinski definition) is 3. The second-order valence-corrected chi connectivity index (χ2v) is 4.40. The third-order valence-corrected chi connectivity index (χ3v) is 2.47. The molecule has 1 unspecified atom stereocenters. The third kappa shape index (κ3) is 4.21. The van der Waals surface area contributed by atoms with Crippen molar-refractivity contribution < 1.29 is 9.84 Å². The summed E-state index contributed by atoms with van der Waals surface area (Å²) in [7, 11) is 0. The highest BCUT2D eigenvalue weighted by molar-refractivity contribution is 5.47. The smallest absolute Gasteiger partial charge is 0.104 e. The van der Waals surface area contributed by atoms with E-state index in [9.17, 15) is 5.11 Å². The number of hydrogen-bond donors (Lipinski definition) is 2. The van der Waals surface area contributed by atoms with E-state index < -0.39 is 6.10 Å². The van der Waals surface area contributed by atoms with Gasteiger partial charge in [-0.05, 0) is 18.4 Å². The van der Waals surface area contributed by atoms with Gasteiger partial charge in [0.05, 0.1) is 6.61 Å². The summed E-state index contributed by atoms with van der Waals surface area (Å²) >= 11 is 0. The van der Waals surface area contributed by atoms with Gasteiger partial charge in [-0.25, -0.2) is 0 Å². The van der Waals surface area contributed by atoms with Crippen LogP contribution in [0.25, 0.3) is 0 Å². The van der Waals surface area contributed by atoms with Crippen LogP contribution in [0, 0.1) is 5.92 Å². The Balaban J connectivity index is 2.35. The Labute approximate surface area is 97.2 Å². The van der Waals surface area contributed by atoms with Crippen LogP contribution in [0.15, 0.2) is 24.3 Å². The number of rotatable bonds is 6. The first-order chi connectivity index (χ1) is 7.61. The van der Waals surface area contributed by atoms with Gasteiger partial charge in [-0.3, -0.25) is 0 Å². The molecule has 1 aromatic carbocycles. The fourth-order valence-corrected chi connectivity index (χ4v) is 1.42. The Kier molecular flexibility index (Phi) is 5.29. The molecule has 0 spiro atoms. The lowest BCUT2D eigenvalue weighted by atomic mass is 10.1. The highest BCUT2D eigenvalue weighted by Gasteiger charge is 2.10. The summed E-state index contributed by atoms with van der Waals surface area (Å²) in [5.74, 6) is 0.624. The second-order valence-electron chi connectivity index (χ2n) is 4.40. The molecular weight excluding hydrogens is 202 g/mol. The molecule has 1 rings (SSSR count). The minimum atomic E-state index is -0.631. The number of aliphatic hydroxyl groups is 1. The standard InChI is InChI=1S/C13H21NO2/c1-10(2)7-8-16-9-13(15)11-5-3-4-6-12(11)14/h3-6,10,13,15H,7-9,14H2,1-2H3. The average molecular weight is 223 g/mol. The predicted molar refractivity (Wildman–Crippen MR) is 66.1 cm³/mol. The fourth-order valence-electron chi connectivity index (χ4n) is 1.42. The van der Waals surface area contributed by atoms with Crippen LogP contribution < -0.4 is 5.73 Å². The van der Waals surface area contributed by atoms with Gasteiger partial charge in [-0.1, -0.05) is 32.0 Å². The molecule has 0 saturated carbocycles. The first-order valence-electron chi connectivity index (χ1n) is 5.71. The molecule has 16 heavy (non-hydrogen) atoms. The van der Waals surface area contributed by atoms with E-state index in [0.717, 1.165) is 12.0 Å². The summed E-state index contributed by atoms with van der Waals surface area (Å²) in [6.45, 7) is 5.28. The zero-order valence-electron chi connectivity index (χ0n) is 10.0. The molecule has 0 aliphatic rings. The Hall–Kier alpha value is -1.06. The molecule has 0 aliphatic carbocycles. The molecule has 3 nitrogen and oxygen atoms in total. The van der Waals surface area contributed by atoms with Gasteiger partial charge in [0.15, 0.2) is 0 Å². The third-order valence-electron chi connectivity index (χ3n) is 2.47. The maximum Gasteiger partial charge on any atom is 0.104 e. The van der Waals surface area contributed by atoms with Gasteiger partial charge < -0.3 is 15.6 Å². The van der Waals surface area contributed by atoms with Crippen molar-refractivity contribution in [3.05, 3.63) is 29.8 Å². The van der Waals surface area contributed by atoms with Crippen LogP contribution in [0.2, 0.25) is 0 Å². The van der Waals surface area contributed by atoms with Crippen molar-refractivity contribution in [1.29, 1.82) is 0 Å². The Morgan fingerprint density at radius 1 is 1.31 bits per heavy atom. The molecule has 0 radical (unpaired) electrons. The lowest BCUT2D eigenvalue weighted by Crippen LogP contribution is -2.10. The van der Waals surface area contributed by atoms with Crippen molar-refractivity contribution in [3.8, 4) is 0 Å². The SMILES string of the molecule is CC(C)CCOCC(O)c1ccccc1N. The van der Waals surface area contributed by atoms with Crippen LogP contribution in [0.3, 0.4) is 0 Å². The second kappa shape index (κ2) is 6.51. The summed E-state index contributed by atoms with van der Waals surface area (Å²) in [5, 5.41) is 9.86. The molecule has 3 heteroatoms. The van der Waals surface area contributed by atoms with Gasteiger partial charge in [0, 0.05) is 17.9 Å². The van der Waals surface area contributed by atoms with Gasteiger partial charge in [-0.15, -0.1) is 0 Å². The highest BCUT2D eigenvalue weighted by atomic mass is 16.5. The van der Waals surface area contributed by atoms with Crippen LogP contribution in [0.4, 0.5) is 5.69 Å². The van der Waals surface area contributed by atoms with Crippen molar-refractivity contribution in [2.45, 2.75) is 26.4 Å². The summed E-state index contributed by atoms with van der Waals surface area (Å²) in [5.41, 5.74) is 7.11. The zero-order chi connectivity index (χ0) is 12.0. The Bertz CT molecular complexity index is 313. The quantitative estimate of drug-likeness (QED) is 0.575. The van der Waals surface area contributed by atoms with E-state index >= 15 is 0 Å². The van der Waals surface area contributed by atoms with E-state index in [1.54, 1.807) is 6.07 Å². The van der Waals surface area contributed by atoms with Crippen molar-refractivity contribution in [1.82, 2.24) is 0 Å². The van der Waals surface area contributed by atoms with Crippen LogP contribution in [-0.2, 0) is 4.74 Å². The summed E-state index contributed by atoms with van der Waals surface area (Å²) in [4.78, 5) is 0. The summed E-state index contributed by atoms with van der Waals surface area (Å²) in [6, 6.07) is 7.33. The van der Waals surface area contributed by atoms with E-state index in [0.29, 0.717) is 24.8 Å². The van der Waals surface area contributed by atoms with Crippen molar-refractivity contribution in [3.63, 3.8) is 0 Å². The van der Waals surface area contributed by atoms with E-state index in [4.69, 9.17) is 10.5 Å². The minimum Gasteiger partial charge on any atom is -0.398 e. The number of aliphatic hydroxyl groups excluding tert-OH is 1. The predicted octanol–water partition coefficient (Wildman–Crippen LogP) is 2.36. The van der Waals surface area contributed by atoms with Crippen molar-refractivity contribution in [2.24, 2.45) is 5.92 Å². The number of ether oxygens (including phenoxy) is 1. The molecule has 0 bridgehead atoms. The molecule has 0 saturated heterocycles. The van der Waals surface area contributed by atoms with Crippen LogP contribution >= 0.6 is 0 Å². The molecule has 0 heterocycles. The maximum absolute atomic E-state index is 9.86. The number of benzene rings is 1. The summed E-state index contributed by atoms with van der Waals surface area (Å²) in [6.07, 6.45) is 0.380. The molecule has 0 fully saturated rings.